The van der Waals surface area contributed by atoms with Gasteiger partial charge in [-0.2, -0.15) is 0 Å². The Morgan fingerprint density at radius 1 is 0.769 bits per heavy atom. The molecule has 1 aromatic heterocycles. The summed E-state index contributed by atoms with van der Waals surface area (Å²) in [5.74, 6) is -0.933. The van der Waals surface area contributed by atoms with Gasteiger partial charge in [-0.05, 0) is 71.7 Å². The van der Waals surface area contributed by atoms with Crippen LogP contribution in [0.25, 0.3) is 22.0 Å². The van der Waals surface area contributed by atoms with Crippen molar-refractivity contribution < 1.29 is 9.90 Å². The highest BCUT2D eigenvalue weighted by atomic mass is 16.4. The maximum atomic E-state index is 13.5. The summed E-state index contributed by atoms with van der Waals surface area (Å²) in [5, 5.41) is 10.3. The Labute approximate surface area is 229 Å². The topological polar surface area (TPSA) is 59.3 Å². The van der Waals surface area contributed by atoms with E-state index in [0.717, 1.165) is 59.7 Å². The molecule has 4 heteroatoms. The Morgan fingerprint density at radius 3 is 2.21 bits per heavy atom. The number of benzene rings is 4. The van der Waals surface area contributed by atoms with Crippen molar-refractivity contribution in [1.29, 1.82) is 0 Å². The number of aryl methyl sites for hydroxylation is 3. The molecule has 4 nitrogen and oxygen atoms in total. The molecule has 5 aromatic rings. The number of aromatic carboxylic acids is 1. The van der Waals surface area contributed by atoms with Crippen molar-refractivity contribution >= 4 is 16.9 Å². The van der Waals surface area contributed by atoms with Gasteiger partial charge >= 0.3 is 5.97 Å². The number of carbonyl (C=O) groups is 1. The Bertz CT molecular complexity index is 1650. The molecule has 0 fully saturated rings. The number of hydrogen-bond acceptors (Lipinski definition) is 2. The van der Waals surface area contributed by atoms with Gasteiger partial charge in [0.2, 0.25) is 0 Å². The Morgan fingerprint density at radius 2 is 1.46 bits per heavy atom. The van der Waals surface area contributed by atoms with Crippen LogP contribution in [-0.4, -0.2) is 15.6 Å². The van der Waals surface area contributed by atoms with Crippen molar-refractivity contribution in [3.63, 3.8) is 0 Å². The summed E-state index contributed by atoms with van der Waals surface area (Å²) in [7, 11) is 0. The van der Waals surface area contributed by atoms with Crippen LogP contribution in [0, 0.1) is 0 Å². The zero-order valence-corrected chi connectivity index (χ0v) is 22.3. The number of hydrogen-bond donors (Lipinski definition) is 1. The summed E-state index contributed by atoms with van der Waals surface area (Å²) < 4.78 is 2.18. The molecule has 0 atom stereocenters. The van der Waals surface area contributed by atoms with Crippen LogP contribution in [0.3, 0.4) is 0 Å². The first kappa shape index (κ1) is 26.2. The SMILES string of the molecule is CCCCc1cn(Cc2ccc(-c3ccccc3C(=O)O)cc2)c2ccc(CCc3ccccc3)cc2c1=O. The molecule has 0 saturated heterocycles. The van der Waals surface area contributed by atoms with Crippen LogP contribution in [0.15, 0.2) is 108 Å². The maximum absolute atomic E-state index is 13.5. The van der Waals surface area contributed by atoms with E-state index in [1.807, 2.05) is 48.7 Å². The lowest BCUT2D eigenvalue weighted by molar-refractivity contribution is 0.0697. The zero-order chi connectivity index (χ0) is 27.2. The minimum absolute atomic E-state index is 0.136. The standard InChI is InChI=1S/C35H33NO3/c1-2-3-11-29-24-36(23-27-16-19-28(20-17-27)30-12-7-8-13-31(30)35(38)39)33-21-18-26(22-32(33)34(29)37)15-14-25-9-5-4-6-10-25/h4-10,12-13,16-22,24H,2-3,11,14-15,23H2,1H3,(H,38,39). The number of unbranched alkanes of at least 4 members (excludes halogenated alkanes) is 1. The van der Waals surface area contributed by atoms with Gasteiger partial charge in [0.05, 0.1) is 11.1 Å². The van der Waals surface area contributed by atoms with Crippen LogP contribution < -0.4 is 5.43 Å². The predicted molar refractivity (Wildman–Crippen MR) is 159 cm³/mol. The third kappa shape index (κ3) is 6.01. The maximum Gasteiger partial charge on any atom is 0.336 e. The minimum Gasteiger partial charge on any atom is -0.478 e. The zero-order valence-electron chi connectivity index (χ0n) is 22.3. The fourth-order valence-corrected chi connectivity index (χ4v) is 5.18. The summed E-state index contributed by atoms with van der Waals surface area (Å²) in [6, 6.07) is 31.8. The van der Waals surface area contributed by atoms with Gasteiger partial charge in [-0.1, -0.05) is 92.2 Å². The first-order chi connectivity index (χ1) is 19.0. The molecule has 0 aliphatic carbocycles. The minimum atomic E-state index is -0.933. The Kier molecular flexibility index (Phi) is 8.02. The normalized spacial score (nSPS) is 11.1. The summed E-state index contributed by atoms with van der Waals surface area (Å²) in [5.41, 5.74) is 7.34. The monoisotopic (exact) mass is 515 g/mol. The van der Waals surface area contributed by atoms with Crippen LogP contribution in [0.5, 0.6) is 0 Å². The second kappa shape index (κ2) is 12.0. The molecule has 0 bridgehead atoms. The largest absolute Gasteiger partial charge is 0.478 e. The Hall–Kier alpha value is -4.44. The van der Waals surface area contributed by atoms with Crippen LogP contribution >= 0.6 is 0 Å². The van der Waals surface area contributed by atoms with E-state index >= 15 is 0 Å². The van der Waals surface area contributed by atoms with Gasteiger partial charge in [-0.25, -0.2) is 4.79 Å². The molecule has 5 rings (SSSR count). The molecular formula is C35H33NO3. The molecule has 0 aliphatic rings. The van der Waals surface area contributed by atoms with Crippen LogP contribution in [0.1, 0.15) is 52.4 Å². The number of carboxylic acids is 1. The van der Waals surface area contributed by atoms with Crippen molar-refractivity contribution in [1.82, 2.24) is 4.57 Å². The number of nitrogens with zero attached hydrogens (tertiary/aromatic N) is 1. The van der Waals surface area contributed by atoms with E-state index in [1.165, 1.54) is 11.1 Å². The van der Waals surface area contributed by atoms with E-state index < -0.39 is 5.97 Å². The molecule has 0 unspecified atom stereocenters. The molecule has 0 saturated carbocycles. The molecule has 0 amide bonds. The first-order valence-corrected chi connectivity index (χ1v) is 13.6. The van der Waals surface area contributed by atoms with Crippen LogP contribution in [0.2, 0.25) is 0 Å². The van der Waals surface area contributed by atoms with Gasteiger partial charge in [0.15, 0.2) is 5.43 Å². The number of aromatic nitrogens is 1. The second-order valence-electron chi connectivity index (χ2n) is 10.1. The van der Waals surface area contributed by atoms with Crippen molar-refractivity contribution in [3.05, 3.63) is 141 Å². The fraction of sp³-hybridized carbons (Fsp3) is 0.200. The lowest BCUT2D eigenvalue weighted by Gasteiger charge is -2.15. The molecule has 0 aliphatic heterocycles. The molecule has 0 radical (unpaired) electrons. The Balaban J connectivity index is 1.47. The quantitative estimate of drug-likeness (QED) is 0.209. The molecule has 39 heavy (non-hydrogen) atoms. The molecule has 4 aromatic carbocycles. The lowest BCUT2D eigenvalue weighted by Crippen LogP contribution is -2.16. The first-order valence-electron chi connectivity index (χ1n) is 13.6. The third-order valence-electron chi connectivity index (χ3n) is 7.34. The number of carboxylic acid groups (broad SMARTS) is 1. The lowest BCUT2D eigenvalue weighted by atomic mass is 9.98. The van der Waals surface area contributed by atoms with Gasteiger partial charge in [0.1, 0.15) is 0 Å². The molecule has 0 spiro atoms. The molecular weight excluding hydrogens is 482 g/mol. The second-order valence-corrected chi connectivity index (χ2v) is 10.1. The van der Waals surface area contributed by atoms with Crippen molar-refractivity contribution in [2.75, 3.05) is 0 Å². The van der Waals surface area contributed by atoms with Gasteiger partial charge in [0.25, 0.3) is 0 Å². The van der Waals surface area contributed by atoms with Crippen molar-refractivity contribution in [2.45, 2.75) is 45.6 Å². The fourth-order valence-electron chi connectivity index (χ4n) is 5.18. The van der Waals surface area contributed by atoms with E-state index in [4.69, 9.17) is 0 Å². The number of pyridine rings is 1. The molecule has 196 valence electrons. The highest BCUT2D eigenvalue weighted by Gasteiger charge is 2.13. The third-order valence-corrected chi connectivity index (χ3v) is 7.34. The van der Waals surface area contributed by atoms with Gasteiger partial charge in [-0.15, -0.1) is 0 Å². The van der Waals surface area contributed by atoms with Crippen molar-refractivity contribution in [3.8, 4) is 11.1 Å². The number of rotatable bonds is 10. The van der Waals surface area contributed by atoms with E-state index in [1.54, 1.807) is 12.1 Å². The summed E-state index contributed by atoms with van der Waals surface area (Å²) in [6.45, 7) is 2.77. The van der Waals surface area contributed by atoms with Gasteiger partial charge < -0.3 is 9.67 Å². The summed E-state index contributed by atoms with van der Waals surface area (Å²) in [6.07, 6.45) is 6.63. The van der Waals surface area contributed by atoms with Crippen LogP contribution in [0.4, 0.5) is 0 Å². The van der Waals surface area contributed by atoms with Crippen molar-refractivity contribution in [2.24, 2.45) is 0 Å². The van der Waals surface area contributed by atoms with E-state index in [0.29, 0.717) is 17.7 Å². The highest BCUT2D eigenvalue weighted by Crippen LogP contribution is 2.25. The van der Waals surface area contributed by atoms with E-state index in [2.05, 4.69) is 54.0 Å². The molecule has 1 heterocycles. The van der Waals surface area contributed by atoms with E-state index in [-0.39, 0.29) is 5.43 Å². The van der Waals surface area contributed by atoms with E-state index in [9.17, 15) is 14.7 Å². The van der Waals surface area contributed by atoms with Gasteiger partial charge in [0, 0.05) is 23.7 Å². The highest BCUT2D eigenvalue weighted by molar-refractivity contribution is 5.96. The predicted octanol–water partition coefficient (Wildman–Crippen LogP) is 7.54. The van der Waals surface area contributed by atoms with Gasteiger partial charge in [-0.3, -0.25) is 4.79 Å². The summed E-state index contributed by atoms with van der Waals surface area (Å²) >= 11 is 0. The molecule has 1 N–H and O–H groups in total. The summed E-state index contributed by atoms with van der Waals surface area (Å²) in [4.78, 5) is 25.2. The number of fused-ring (bicyclic) bond motifs is 1. The smallest absolute Gasteiger partial charge is 0.336 e. The average molecular weight is 516 g/mol. The van der Waals surface area contributed by atoms with Crippen LogP contribution in [-0.2, 0) is 25.8 Å². The average Bonchev–Trinajstić information content (AvgIpc) is 2.97.